The van der Waals surface area contributed by atoms with Gasteiger partial charge in [-0.05, 0) is 6.92 Å². The van der Waals surface area contributed by atoms with Crippen LogP contribution < -0.4 is 0 Å². The first-order chi connectivity index (χ1) is 6.69. The van der Waals surface area contributed by atoms with Crippen molar-refractivity contribution in [3.8, 4) is 0 Å². The molecule has 1 aliphatic rings. The molecule has 0 aromatic rings. The van der Waals surface area contributed by atoms with Crippen LogP contribution in [-0.4, -0.2) is 37.2 Å². The Morgan fingerprint density at radius 3 is 3.00 bits per heavy atom. The van der Waals surface area contributed by atoms with Crippen LogP contribution >= 0.6 is 0 Å². The van der Waals surface area contributed by atoms with E-state index in [1.807, 2.05) is 6.92 Å². The van der Waals surface area contributed by atoms with Crippen molar-refractivity contribution < 1.29 is 24.1 Å². The van der Waals surface area contributed by atoms with Gasteiger partial charge in [0.25, 0.3) is 0 Å². The van der Waals surface area contributed by atoms with Gasteiger partial charge in [-0.2, -0.15) is 0 Å². The number of rotatable bonds is 3. The molecule has 2 atom stereocenters. The fraction of sp³-hybridized carbons (Fsp3) is 0.667. The molecule has 0 radical (unpaired) electrons. The van der Waals surface area contributed by atoms with Gasteiger partial charge in [0, 0.05) is 13.0 Å². The Hall–Kier alpha value is -1.07. The number of carbonyl (C=O) groups is 1. The molecule has 1 heterocycles. The Labute approximate surface area is 82.3 Å². The van der Waals surface area contributed by atoms with E-state index in [1.165, 1.54) is 13.4 Å². The molecule has 5 nitrogen and oxygen atoms in total. The largest absolute Gasteiger partial charge is 0.472 e. The summed E-state index contributed by atoms with van der Waals surface area (Å²) in [6, 6.07) is 0. The monoisotopic (exact) mass is 202 g/mol. The summed E-state index contributed by atoms with van der Waals surface area (Å²) in [6.45, 7) is 2.33. The smallest absolute Gasteiger partial charge is 0.339 e. The summed E-state index contributed by atoms with van der Waals surface area (Å²) in [5, 5.41) is 9.54. The minimum Gasteiger partial charge on any atom is -0.472 e. The summed E-state index contributed by atoms with van der Waals surface area (Å²) in [5.41, 5.74) is 0.128. The van der Waals surface area contributed by atoms with Crippen LogP contribution in [0.2, 0.25) is 0 Å². The number of hydrogen-bond acceptors (Lipinski definition) is 5. The van der Waals surface area contributed by atoms with E-state index in [1.54, 1.807) is 0 Å². The number of hydrogen-bond donors (Lipinski definition) is 1. The molecule has 0 fully saturated rings. The molecular weight excluding hydrogens is 188 g/mol. The van der Waals surface area contributed by atoms with E-state index in [0.29, 0.717) is 6.61 Å². The topological polar surface area (TPSA) is 65.0 Å². The Morgan fingerprint density at radius 2 is 2.50 bits per heavy atom. The lowest BCUT2D eigenvalue weighted by Crippen LogP contribution is -2.31. The zero-order chi connectivity index (χ0) is 10.6. The van der Waals surface area contributed by atoms with Crippen LogP contribution in [0.4, 0.5) is 0 Å². The SMILES string of the molecule is CCOC1CC(O)C(C(=O)OC)=CO1. The van der Waals surface area contributed by atoms with E-state index in [4.69, 9.17) is 9.47 Å². The van der Waals surface area contributed by atoms with Crippen LogP contribution in [0.25, 0.3) is 0 Å². The van der Waals surface area contributed by atoms with Crippen molar-refractivity contribution in [2.75, 3.05) is 13.7 Å². The van der Waals surface area contributed by atoms with Gasteiger partial charge in [0.15, 0.2) is 0 Å². The van der Waals surface area contributed by atoms with Crippen LogP contribution in [0.5, 0.6) is 0 Å². The first-order valence-electron chi connectivity index (χ1n) is 4.42. The number of aliphatic hydroxyl groups excluding tert-OH is 1. The standard InChI is InChI=1S/C9H14O5/c1-3-13-8-4-7(10)6(5-14-8)9(11)12-2/h5,7-8,10H,3-4H2,1-2H3. The summed E-state index contributed by atoms with van der Waals surface area (Å²) in [6.07, 6.45) is 0.0749. The van der Waals surface area contributed by atoms with Gasteiger partial charge >= 0.3 is 5.97 Å². The normalized spacial score (nSPS) is 26.4. The van der Waals surface area contributed by atoms with E-state index in [2.05, 4.69) is 4.74 Å². The van der Waals surface area contributed by atoms with Gasteiger partial charge in [0.1, 0.15) is 5.57 Å². The predicted molar refractivity (Wildman–Crippen MR) is 47.2 cm³/mol. The molecule has 0 aromatic carbocycles. The van der Waals surface area contributed by atoms with E-state index in [0.717, 1.165) is 0 Å². The van der Waals surface area contributed by atoms with Crippen molar-refractivity contribution in [1.82, 2.24) is 0 Å². The van der Waals surface area contributed by atoms with Gasteiger partial charge in [0.2, 0.25) is 6.29 Å². The summed E-state index contributed by atoms with van der Waals surface area (Å²) in [4.78, 5) is 11.1. The van der Waals surface area contributed by atoms with Crippen molar-refractivity contribution in [2.45, 2.75) is 25.7 Å². The summed E-state index contributed by atoms with van der Waals surface area (Å²) in [5.74, 6) is -0.576. The van der Waals surface area contributed by atoms with E-state index >= 15 is 0 Å². The lowest BCUT2D eigenvalue weighted by molar-refractivity contribution is -0.146. The van der Waals surface area contributed by atoms with Gasteiger partial charge in [-0.15, -0.1) is 0 Å². The molecule has 80 valence electrons. The Kier molecular flexibility index (Phi) is 3.91. The van der Waals surface area contributed by atoms with Gasteiger partial charge in [-0.3, -0.25) is 0 Å². The van der Waals surface area contributed by atoms with Gasteiger partial charge in [0.05, 0.1) is 19.5 Å². The number of aliphatic hydroxyl groups is 1. The molecule has 0 saturated heterocycles. The van der Waals surface area contributed by atoms with Crippen molar-refractivity contribution >= 4 is 5.97 Å². The zero-order valence-electron chi connectivity index (χ0n) is 8.23. The third-order valence-electron chi connectivity index (χ3n) is 1.90. The number of methoxy groups -OCH3 is 1. The average molecular weight is 202 g/mol. The fourth-order valence-electron chi connectivity index (χ4n) is 1.19. The van der Waals surface area contributed by atoms with Gasteiger partial charge in [-0.1, -0.05) is 0 Å². The highest BCUT2D eigenvalue weighted by Gasteiger charge is 2.28. The maximum Gasteiger partial charge on any atom is 0.339 e. The van der Waals surface area contributed by atoms with Crippen LogP contribution in [0.3, 0.4) is 0 Å². The average Bonchev–Trinajstić information content (AvgIpc) is 2.17. The minimum absolute atomic E-state index is 0.128. The summed E-state index contributed by atoms with van der Waals surface area (Å²) in [7, 11) is 1.25. The van der Waals surface area contributed by atoms with Crippen molar-refractivity contribution in [3.63, 3.8) is 0 Å². The van der Waals surface area contributed by atoms with Crippen LogP contribution in [0.15, 0.2) is 11.8 Å². The highest BCUT2D eigenvalue weighted by molar-refractivity contribution is 5.89. The molecule has 0 bridgehead atoms. The summed E-state index contributed by atoms with van der Waals surface area (Å²) >= 11 is 0. The third kappa shape index (κ3) is 2.46. The number of carbonyl (C=O) groups excluding carboxylic acids is 1. The first-order valence-corrected chi connectivity index (χ1v) is 4.42. The van der Waals surface area contributed by atoms with E-state index < -0.39 is 18.4 Å². The molecule has 0 saturated carbocycles. The van der Waals surface area contributed by atoms with Crippen molar-refractivity contribution in [2.24, 2.45) is 0 Å². The Bertz CT molecular complexity index is 235. The molecular formula is C9H14O5. The molecule has 5 heteroatoms. The molecule has 0 spiro atoms. The van der Waals surface area contributed by atoms with Crippen LogP contribution in [0, 0.1) is 0 Å². The Balaban J connectivity index is 2.59. The Morgan fingerprint density at radius 1 is 1.79 bits per heavy atom. The molecule has 0 aromatic heterocycles. The third-order valence-corrected chi connectivity index (χ3v) is 1.90. The maximum atomic E-state index is 11.1. The molecule has 0 amide bonds. The second kappa shape index (κ2) is 4.97. The second-order valence-corrected chi connectivity index (χ2v) is 2.84. The molecule has 1 aliphatic heterocycles. The highest BCUT2D eigenvalue weighted by Crippen LogP contribution is 2.19. The lowest BCUT2D eigenvalue weighted by atomic mass is 10.1. The van der Waals surface area contributed by atoms with E-state index in [9.17, 15) is 9.90 Å². The zero-order valence-corrected chi connectivity index (χ0v) is 8.23. The van der Waals surface area contributed by atoms with Gasteiger partial charge in [-0.25, -0.2) is 4.79 Å². The molecule has 2 unspecified atom stereocenters. The van der Waals surface area contributed by atoms with E-state index in [-0.39, 0.29) is 12.0 Å². The second-order valence-electron chi connectivity index (χ2n) is 2.84. The highest BCUT2D eigenvalue weighted by atomic mass is 16.7. The van der Waals surface area contributed by atoms with Crippen molar-refractivity contribution in [3.05, 3.63) is 11.8 Å². The molecule has 0 aliphatic carbocycles. The number of esters is 1. The maximum absolute atomic E-state index is 11.1. The fourth-order valence-corrected chi connectivity index (χ4v) is 1.19. The molecule has 1 N–H and O–H groups in total. The lowest BCUT2D eigenvalue weighted by Gasteiger charge is -2.25. The van der Waals surface area contributed by atoms with Crippen molar-refractivity contribution in [1.29, 1.82) is 0 Å². The quantitative estimate of drug-likeness (QED) is 0.662. The van der Waals surface area contributed by atoms with Crippen LogP contribution in [0.1, 0.15) is 13.3 Å². The molecule has 14 heavy (non-hydrogen) atoms. The predicted octanol–water partition coefficient (Wildman–Crippen LogP) is 0.187. The van der Waals surface area contributed by atoms with Crippen LogP contribution in [-0.2, 0) is 19.0 Å². The summed E-state index contributed by atoms with van der Waals surface area (Å²) < 4.78 is 14.7. The minimum atomic E-state index is -0.882. The number of ether oxygens (including phenoxy) is 3. The first kappa shape index (κ1) is 11.0. The van der Waals surface area contributed by atoms with Gasteiger partial charge < -0.3 is 19.3 Å². The molecule has 1 rings (SSSR count).